The molecule has 0 aliphatic heterocycles. The predicted molar refractivity (Wildman–Crippen MR) is 84.5 cm³/mol. The number of rotatable bonds is 6. The van der Waals surface area contributed by atoms with Crippen molar-refractivity contribution in [1.82, 2.24) is 0 Å². The van der Waals surface area contributed by atoms with Crippen molar-refractivity contribution < 1.29 is 52.7 Å². The molecule has 0 amide bonds. The van der Waals surface area contributed by atoms with E-state index in [1.165, 1.54) is 0 Å². The molecule has 0 heterocycles. The van der Waals surface area contributed by atoms with Crippen molar-refractivity contribution in [3.63, 3.8) is 0 Å². The van der Waals surface area contributed by atoms with Crippen LogP contribution in [-0.4, -0.2) is 39.9 Å². The van der Waals surface area contributed by atoms with Gasteiger partial charge in [0.2, 0.25) is 0 Å². The molecule has 0 saturated heterocycles. The van der Waals surface area contributed by atoms with Crippen LogP contribution in [0.5, 0.6) is 0 Å². The van der Waals surface area contributed by atoms with Crippen LogP contribution in [0.25, 0.3) is 0 Å². The Bertz CT molecular complexity index is 719. The van der Waals surface area contributed by atoms with Gasteiger partial charge in [0.1, 0.15) is 19.7 Å². The second kappa shape index (κ2) is 8.36. The molecule has 1 aliphatic rings. The lowest BCUT2D eigenvalue weighted by molar-refractivity contribution is -0.154. The lowest BCUT2D eigenvalue weighted by Crippen LogP contribution is -2.41. The van der Waals surface area contributed by atoms with Crippen molar-refractivity contribution in [3.05, 3.63) is 4.58 Å². The van der Waals surface area contributed by atoms with Gasteiger partial charge in [0.15, 0.2) is 0 Å². The first-order valence-electron chi connectivity index (χ1n) is 8.10. The average molecular weight is 461 g/mol. The average Bonchev–Trinajstić information content (AvgIpc) is 2.50. The van der Waals surface area contributed by atoms with Crippen LogP contribution >= 0.6 is 0 Å². The lowest BCUT2D eigenvalue weighted by Gasteiger charge is -2.34. The van der Waals surface area contributed by atoms with E-state index in [2.05, 4.69) is 0 Å². The van der Waals surface area contributed by atoms with Gasteiger partial charge < -0.3 is 4.74 Å². The van der Waals surface area contributed by atoms with Gasteiger partial charge in [-0.25, -0.2) is 0 Å². The van der Waals surface area contributed by atoms with E-state index in [0.717, 1.165) is 6.92 Å². The number of carbonyl (C=O) groups excluding carboxylic acids is 1. The standard InChI is InChI=1S/C14H19F6O6S2/c1-8-3-5-10(6-4-8)12(21)26-9(2)7-11(27(22,23)13(15,16)17)28(24,25)14(18,19)20/h8-10H,3-7H2,1-2H3/q-1. The lowest BCUT2D eigenvalue weighted by atomic mass is 9.83. The van der Waals surface area contributed by atoms with E-state index < -0.39 is 59.7 Å². The summed E-state index contributed by atoms with van der Waals surface area (Å²) in [5, 5.41) is 0. The Morgan fingerprint density at radius 3 is 1.71 bits per heavy atom. The summed E-state index contributed by atoms with van der Waals surface area (Å²) in [5.74, 6) is -1.22. The van der Waals surface area contributed by atoms with Gasteiger partial charge in [-0.2, -0.15) is 26.3 Å². The normalized spacial score (nSPS) is 23.5. The fraction of sp³-hybridized carbons (Fsp3) is 0.857. The number of ether oxygens (including phenoxy) is 1. The summed E-state index contributed by atoms with van der Waals surface area (Å²) in [6, 6.07) is 0. The van der Waals surface area contributed by atoms with Gasteiger partial charge in [0.25, 0.3) is 0 Å². The van der Waals surface area contributed by atoms with Gasteiger partial charge in [0.05, 0.1) is 12.0 Å². The van der Waals surface area contributed by atoms with Crippen molar-refractivity contribution in [2.24, 2.45) is 11.8 Å². The zero-order valence-corrected chi connectivity index (χ0v) is 16.4. The van der Waals surface area contributed by atoms with E-state index in [1.54, 1.807) is 0 Å². The van der Waals surface area contributed by atoms with E-state index in [4.69, 9.17) is 4.74 Å². The van der Waals surface area contributed by atoms with Crippen LogP contribution < -0.4 is 0 Å². The molecule has 0 spiro atoms. The quantitative estimate of drug-likeness (QED) is 0.342. The Balaban J connectivity index is 3.06. The van der Waals surface area contributed by atoms with Crippen LogP contribution in [0.3, 0.4) is 0 Å². The number of esters is 1. The molecule has 0 radical (unpaired) electrons. The summed E-state index contributed by atoms with van der Waals surface area (Å²) in [7, 11) is -13.6. The van der Waals surface area contributed by atoms with Crippen LogP contribution in [-0.2, 0) is 29.2 Å². The first-order valence-corrected chi connectivity index (χ1v) is 11.1. The van der Waals surface area contributed by atoms with Crippen LogP contribution in [0.15, 0.2) is 0 Å². The minimum Gasteiger partial charge on any atom is -0.465 e. The number of halogens is 6. The highest BCUT2D eigenvalue weighted by Gasteiger charge is 2.54. The minimum atomic E-state index is -6.82. The Morgan fingerprint density at radius 1 is 0.964 bits per heavy atom. The molecule has 1 aliphatic carbocycles. The maximum Gasteiger partial charge on any atom is 0.469 e. The van der Waals surface area contributed by atoms with E-state index in [0.29, 0.717) is 31.6 Å². The van der Waals surface area contributed by atoms with Crippen LogP contribution in [0.4, 0.5) is 26.3 Å². The second-order valence-electron chi connectivity index (χ2n) is 6.68. The molecule has 0 aromatic rings. The maximum absolute atomic E-state index is 12.7. The number of sulfone groups is 2. The predicted octanol–water partition coefficient (Wildman–Crippen LogP) is 3.49. The van der Waals surface area contributed by atoms with Crippen LogP contribution in [0, 0.1) is 16.4 Å². The summed E-state index contributed by atoms with van der Waals surface area (Å²) in [5.41, 5.74) is -12.5. The minimum absolute atomic E-state index is 0.343. The van der Waals surface area contributed by atoms with Crippen molar-refractivity contribution in [2.75, 3.05) is 0 Å². The SMILES string of the molecule is CC1CCC(C(=O)OC(C)C[C-](S(=O)(=O)C(F)(F)F)S(=O)(=O)C(F)(F)F)CC1. The van der Waals surface area contributed by atoms with Crippen molar-refractivity contribution in [3.8, 4) is 0 Å². The van der Waals surface area contributed by atoms with Gasteiger partial charge >= 0.3 is 17.0 Å². The molecule has 28 heavy (non-hydrogen) atoms. The number of hydrogen-bond donors (Lipinski definition) is 0. The van der Waals surface area contributed by atoms with Gasteiger partial charge in [-0.15, -0.1) is 6.42 Å². The van der Waals surface area contributed by atoms with E-state index in [9.17, 15) is 48.0 Å². The Labute approximate surface area is 158 Å². The first-order chi connectivity index (χ1) is 12.4. The van der Waals surface area contributed by atoms with Gasteiger partial charge in [0, 0.05) is 0 Å². The molecule has 166 valence electrons. The van der Waals surface area contributed by atoms with Crippen molar-refractivity contribution in [2.45, 2.75) is 63.1 Å². The second-order valence-corrected chi connectivity index (χ2v) is 10.9. The molecule has 0 bridgehead atoms. The van der Waals surface area contributed by atoms with Gasteiger partial charge in [-0.3, -0.25) is 21.6 Å². The summed E-state index contributed by atoms with van der Waals surface area (Å²) in [6.45, 7) is 2.76. The molecule has 1 saturated carbocycles. The van der Waals surface area contributed by atoms with E-state index >= 15 is 0 Å². The molecule has 1 fully saturated rings. The molecule has 0 N–H and O–H groups in total. The van der Waals surface area contributed by atoms with Crippen molar-refractivity contribution >= 4 is 25.6 Å². The topological polar surface area (TPSA) is 94.6 Å². The third-order valence-electron chi connectivity index (χ3n) is 4.33. The monoisotopic (exact) mass is 461 g/mol. The smallest absolute Gasteiger partial charge is 0.465 e. The molecule has 0 aromatic heterocycles. The molecular formula is C14H19F6O6S2-. The summed E-state index contributed by atoms with van der Waals surface area (Å²) < 4.78 is 124. The third kappa shape index (κ3) is 5.51. The summed E-state index contributed by atoms with van der Waals surface area (Å²) >= 11 is 0. The van der Waals surface area contributed by atoms with E-state index in [1.807, 2.05) is 6.92 Å². The fourth-order valence-corrected chi connectivity index (χ4v) is 5.84. The van der Waals surface area contributed by atoms with E-state index in [-0.39, 0.29) is 0 Å². The Kier molecular flexibility index (Phi) is 7.46. The van der Waals surface area contributed by atoms with Gasteiger partial charge in [-0.1, -0.05) is 11.5 Å². The zero-order chi connectivity index (χ0) is 22.1. The highest BCUT2D eigenvalue weighted by molar-refractivity contribution is 8.13. The first kappa shape index (κ1) is 25.0. The number of alkyl halides is 6. The zero-order valence-electron chi connectivity index (χ0n) is 14.8. The Hall–Kier alpha value is -1.05. The molecule has 1 atom stereocenters. The summed E-state index contributed by atoms with van der Waals surface area (Å²) in [4.78, 5) is 12.0. The molecule has 14 heteroatoms. The number of carbonyl (C=O) groups is 1. The summed E-state index contributed by atoms with van der Waals surface area (Å²) in [6.07, 6.45) is -1.50. The van der Waals surface area contributed by atoms with Crippen LogP contribution in [0.1, 0.15) is 46.0 Å². The third-order valence-corrected chi connectivity index (χ3v) is 8.40. The highest BCUT2D eigenvalue weighted by atomic mass is 32.3. The molecule has 0 aromatic carbocycles. The fourth-order valence-electron chi connectivity index (χ4n) is 2.69. The number of hydrogen-bond acceptors (Lipinski definition) is 6. The molecule has 6 nitrogen and oxygen atoms in total. The Morgan fingerprint density at radius 2 is 1.36 bits per heavy atom. The molecular weight excluding hydrogens is 442 g/mol. The van der Waals surface area contributed by atoms with Crippen LogP contribution in [0.2, 0.25) is 0 Å². The highest BCUT2D eigenvalue weighted by Crippen LogP contribution is 2.43. The molecule has 1 unspecified atom stereocenters. The largest absolute Gasteiger partial charge is 0.469 e. The van der Waals surface area contributed by atoms with Crippen molar-refractivity contribution in [1.29, 1.82) is 0 Å². The maximum atomic E-state index is 12.7. The van der Waals surface area contributed by atoms with Gasteiger partial charge in [-0.05, 0) is 38.5 Å². The molecule has 1 rings (SSSR count).